The number of benzene rings is 1. The Morgan fingerprint density at radius 1 is 1.18 bits per heavy atom. The van der Waals surface area contributed by atoms with Crippen molar-refractivity contribution in [3.8, 4) is 0 Å². The zero-order chi connectivity index (χ0) is 15.8. The maximum Gasteiger partial charge on any atom is 0.387 e. The molecule has 1 aliphatic heterocycles. The zero-order valence-electron chi connectivity index (χ0n) is 13.7. The van der Waals surface area contributed by atoms with Crippen molar-refractivity contribution in [1.82, 2.24) is 4.90 Å². The van der Waals surface area contributed by atoms with Gasteiger partial charge in [-0.05, 0) is 19.4 Å². The highest BCUT2D eigenvalue weighted by Gasteiger charge is 2.43. The normalized spacial score (nSPS) is 16.6. The molecule has 2 rings (SSSR count). The summed E-state index contributed by atoms with van der Waals surface area (Å²) in [5.41, 5.74) is 1.12. The molecule has 1 saturated heterocycles. The summed E-state index contributed by atoms with van der Waals surface area (Å²) in [6.07, 6.45) is 2.73. The second kappa shape index (κ2) is 8.60. The van der Waals surface area contributed by atoms with E-state index in [2.05, 4.69) is 29.7 Å². The molecular weight excluding hydrogens is 294 g/mol. The van der Waals surface area contributed by atoms with Crippen molar-refractivity contribution in [2.45, 2.75) is 13.8 Å². The van der Waals surface area contributed by atoms with E-state index in [4.69, 9.17) is 13.6 Å². The molecule has 1 aromatic rings. The van der Waals surface area contributed by atoms with Crippen LogP contribution in [-0.4, -0.2) is 59.1 Å². The van der Waals surface area contributed by atoms with Crippen molar-refractivity contribution in [3.63, 3.8) is 0 Å². The SMILES string of the molecule is C=Cc1ccccc1[Si](CN1CCOCC1)(OCC)OCC. The van der Waals surface area contributed by atoms with Crippen LogP contribution in [0.5, 0.6) is 0 Å². The summed E-state index contributed by atoms with van der Waals surface area (Å²) < 4.78 is 18.0. The third-order valence-electron chi connectivity index (χ3n) is 3.88. The maximum absolute atomic E-state index is 6.29. The van der Waals surface area contributed by atoms with Gasteiger partial charge in [0, 0.05) is 37.7 Å². The van der Waals surface area contributed by atoms with E-state index < -0.39 is 8.56 Å². The first-order valence-corrected chi connectivity index (χ1v) is 10.1. The largest absolute Gasteiger partial charge is 0.391 e. The molecule has 122 valence electrons. The highest BCUT2D eigenvalue weighted by molar-refractivity contribution is 6.81. The Balaban J connectivity index is 2.35. The van der Waals surface area contributed by atoms with E-state index in [0.717, 1.165) is 38.0 Å². The molecule has 1 fully saturated rings. The third kappa shape index (κ3) is 4.06. The molecule has 0 aliphatic carbocycles. The van der Waals surface area contributed by atoms with Gasteiger partial charge in [-0.2, -0.15) is 0 Å². The van der Waals surface area contributed by atoms with Gasteiger partial charge in [0.15, 0.2) is 0 Å². The van der Waals surface area contributed by atoms with Crippen LogP contribution in [0.25, 0.3) is 6.08 Å². The lowest BCUT2D eigenvalue weighted by molar-refractivity contribution is 0.0389. The molecule has 1 aliphatic rings. The lowest BCUT2D eigenvalue weighted by Crippen LogP contribution is -2.63. The number of morpholine rings is 1. The van der Waals surface area contributed by atoms with Crippen LogP contribution in [-0.2, 0) is 13.6 Å². The monoisotopic (exact) mass is 321 g/mol. The fourth-order valence-electron chi connectivity index (χ4n) is 2.92. The Hall–Kier alpha value is -0.983. The minimum atomic E-state index is -2.53. The van der Waals surface area contributed by atoms with Crippen molar-refractivity contribution in [1.29, 1.82) is 0 Å². The van der Waals surface area contributed by atoms with Gasteiger partial charge in [0.25, 0.3) is 0 Å². The molecule has 1 aromatic carbocycles. The minimum Gasteiger partial charge on any atom is -0.391 e. The molecule has 5 heteroatoms. The zero-order valence-corrected chi connectivity index (χ0v) is 14.7. The Bertz CT molecular complexity index is 469. The number of ether oxygens (including phenoxy) is 1. The molecule has 0 N–H and O–H groups in total. The average Bonchev–Trinajstić information content (AvgIpc) is 2.56. The van der Waals surface area contributed by atoms with E-state index in [1.54, 1.807) is 0 Å². The Labute approximate surface area is 134 Å². The van der Waals surface area contributed by atoms with Gasteiger partial charge >= 0.3 is 8.56 Å². The van der Waals surface area contributed by atoms with E-state index in [-0.39, 0.29) is 0 Å². The van der Waals surface area contributed by atoms with Crippen LogP contribution in [0.2, 0.25) is 0 Å². The first kappa shape index (κ1) is 17.4. The van der Waals surface area contributed by atoms with Crippen molar-refractivity contribution < 1.29 is 13.6 Å². The smallest absolute Gasteiger partial charge is 0.387 e. The molecule has 0 saturated carbocycles. The van der Waals surface area contributed by atoms with Gasteiger partial charge in [-0.15, -0.1) is 0 Å². The van der Waals surface area contributed by atoms with Gasteiger partial charge < -0.3 is 13.6 Å². The summed E-state index contributed by atoms with van der Waals surface area (Å²) in [6.45, 7) is 12.8. The van der Waals surface area contributed by atoms with Crippen LogP contribution in [0.3, 0.4) is 0 Å². The second-order valence-corrected chi connectivity index (χ2v) is 8.24. The summed E-state index contributed by atoms with van der Waals surface area (Å²) in [7, 11) is -2.53. The molecule has 22 heavy (non-hydrogen) atoms. The Kier molecular flexibility index (Phi) is 6.79. The minimum absolute atomic E-state index is 0.655. The molecule has 1 heterocycles. The van der Waals surface area contributed by atoms with Crippen molar-refractivity contribution in [3.05, 3.63) is 36.4 Å². The van der Waals surface area contributed by atoms with Crippen molar-refractivity contribution >= 4 is 19.8 Å². The van der Waals surface area contributed by atoms with Gasteiger partial charge in [0.05, 0.1) is 13.2 Å². The highest BCUT2D eigenvalue weighted by atomic mass is 28.4. The average molecular weight is 321 g/mol. The third-order valence-corrected chi connectivity index (χ3v) is 7.53. The van der Waals surface area contributed by atoms with E-state index in [0.29, 0.717) is 13.2 Å². The van der Waals surface area contributed by atoms with E-state index in [1.165, 1.54) is 5.19 Å². The molecular formula is C17H27NO3Si. The first-order valence-electron chi connectivity index (χ1n) is 8.05. The van der Waals surface area contributed by atoms with Crippen LogP contribution < -0.4 is 5.19 Å². The predicted molar refractivity (Wildman–Crippen MR) is 92.4 cm³/mol. The van der Waals surface area contributed by atoms with Crippen LogP contribution in [0.15, 0.2) is 30.8 Å². The second-order valence-electron chi connectivity index (χ2n) is 5.30. The predicted octanol–water partition coefficient (Wildman–Crippen LogP) is 1.92. The summed E-state index contributed by atoms with van der Waals surface area (Å²) in [5, 5.41) is 1.18. The summed E-state index contributed by atoms with van der Waals surface area (Å²) in [5.74, 6) is 0. The number of rotatable bonds is 8. The van der Waals surface area contributed by atoms with Gasteiger partial charge in [0.2, 0.25) is 0 Å². The maximum atomic E-state index is 6.29. The standard InChI is InChI=1S/C17H27NO3Si/c1-4-16-9-7-8-10-17(16)22(20-5-2,21-6-3)15-18-11-13-19-14-12-18/h4,7-10H,1,5-6,11-15H2,2-3H3. The Morgan fingerprint density at radius 3 is 2.41 bits per heavy atom. The van der Waals surface area contributed by atoms with Crippen LogP contribution in [0.4, 0.5) is 0 Å². The molecule has 4 nitrogen and oxygen atoms in total. The fraction of sp³-hybridized carbons (Fsp3) is 0.529. The molecule has 0 radical (unpaired) electrons. The van der Waals surface area contributed by atoms with Gasteiger partial charge in [-0.25, -0.2) is 0 Å². The summed E-state index contributed by atoms with van der Waals surface area (Å²) in [6, 6.07) is 8.31. The molecule has 0 atom stereocenters. The first-order chi connectivity index (χ1) is 10.8. The highest BCUT2D eigenvalue weighted by Crippen LogP contribution is 2.15. The summed E-state index contributed by atoms with van der Waals surface area (Å²) >= 11 is 0. The number of hydrogen-bond acceptors (Lipinski definition) is 4. The summed E-state index contributed by atoms with van der Waals surface area (Å²) in [4.78, 5) is 2.40. The van der Waals surface area contributed by atoms with Gasteiger partial charge in [-0.3, -0.25) is 4.90 Å². The van der Waals surface area contributed by atoms with E-state index in [9.17, 15) is 0 Å². The van der Waals surface area contributed by atoms with Gasteiger partial charge in [-0.1, -0.05) is 36.9 Å². The van der Waals surface area contributed by atoms with Gasteiger partial charge in [0.1, 0.15) is 0 Å². The van der Waals surface area contributed by atoms with E-state index in [1.807, 2.05) is 26.0 Å². The van der Waals surface area contributed by atoms with Crippen LogP contribution >= 0.6 is 0 Å². The molecule has 0 spiro atoms. The van der Waals surface area contributed by atoms with Crippen molar-refractivity contribution in [2.24, 2.45) is 0 Å². The van der Waals surface area contributed by atoms with Crippen molar-refractivity contribution in [2.75, 3.05) is 45.7 Å². The quantitative estimate of drug-likeness (QED) is 0.685. The molecule has 0 aromatic heterocycles. The van der Waals surface area contributed by atoms with Crippen LogP contribution in [0, 0.1) is 0 Å². The fourth-order valence-corrected chi connectivity index (χ4v) is 6.48. The molecule has 0 amide bonds. The van der Waals surface area contributed by atoms with Crippen LogP contribution in [0.1, 0.15) is 19.4 Å². The number of hydrogen-bond donors (Lipinski definition) is 0. The number of nitrogens with zero attached hydrogens (tertiary/aromatic N) is 1. The lowest BCUT2D eigenvalue weighted by atomic mass is 10.2. The topological polar surface area (TPSA) is 30.9 Å². The Morgan fingerprint density at radius 2 is 1.82 bits per heavy atom. The molecule has 0 unspecified atom stereocenters. The lowest BCUT2D eigenvalue weighted by Gasteiger charge is -2.37. The van der Waals surface area contributed by atoms with E-state index >= 15 is 0 Å². The molecule has 0 bridgehead atoms.